The predicted molar refractivity (Wildman–Crippen MR) is 111 cm³/mol. The third-order valence-corrected chi connectivity index (χ3v) is 5.80. The van der Waals surface area contributed by atoms with E-state index in [0.717, 1.165) is 34.9 Å². The van der Waals surface area contributed by atoms with Crippen LogP contribution in [0.25, 0.3) is 11.0 Å². The van der Waals surface area contributed by atoms with Crippen LogP contribution in [0.4, 0.5) is 4.39 Å². The van der Waals surface area contributed by atoms with Crippen molar-refractivity contribution in [1.29, 1.82) is 0 Å². The summed E-state index contributed by atoms with van der Waals surface area (Å²) in [5.74, 6) is -0.225. The molecule has 4 nitrogen and oxygen atoms in total. The molecule has 0 saturated carbocycles. The highest BCUT2D eigenvalue weighted by Crippen LogP contribution is 2.29. The van der Waals surface area contributed by atoms with Gasteiger partial charge in [-0.25, -0.2) is 4.39 Å². The van der Waals surface area contributed by atoms with Gasteiger partial charge in [0, 0.05) is 36.2 Å². The molecule has 1 atom stereocenters. The lowest BCUT2D eigenvalue weighted by Crippen LogP contribution is -2.37. The van der Waals surface area contributed by atoms with Crippen LogP contribution in [0.5, 0.6) is 0 Å². The van der Waals surface area contributed by atoms with Crippen molar-refractivity contribution < 1.29 is 18.3 Å². The zero-order valence-electron chi connectivity index (χ0n) is 17.1. The summed E-state index contributed by atoms with van der Waals surface area (Å²) in [4.78, 5) is 15.1. The third kappa shape index (κ3) is 3.92. The van der Waals surface area contributed by atoms with E-state index in [1.807, 2.05) is 26.8 Å². The first kappa shape index (κ1) is 19.6. The van der Waals surface area contributed by atoms with Crippen molar-refractivity contribution in [3.05, 3.63) is 70.2 Å². The van der Waals surface area contributed by atoms with Gasteiger partial charge in [-0.05, 0) is 62.9 Å². The molecule has 1 saturated heterocycles. The molecule has 1 amide bonds. The number of amides is 1. The van der Waals surface area contributed by atoms with Crippen LogP contribution in [-0.4, -0.2) is 30.1 Å². The van der Waals surface area contributed by atoms with E-state index in [1.165, 1.54) is 6.07 Å². The molecule has 0 N–H and O–H groups in total. The molecule has 2 heterocycles. The molecule has 152 valence electrons. The molecule has 3 aromatic rings. The number of furan rings is 1. The number of ether oxygens (including phenoxy) is 1. The summed E-state index contributed by atoms with van der Waals surface area (Å²) in [5.41, 5.74) is 4.28. The summed E-state index contributed by atoms with van der Waals surface area (Å²) >= 11 is 0. The lowest BCUT2D eigenvalue weighted by molar-refractivity contribution is 0.0482. The molecule has 0 radical (unpaired) electrons. The first-order valence-corrected chi connectivity index (χ1v) is 10.1. The van der Waals surface area contributed by atoms with Crippen LogP contribution < -0.4 is 0 Å². The Balaban J connectivity index is 1.69. The lowest BCUT2D eigenvalue weighted by atomic mass is 10.0. The van der Waals surface area contributed by atoms with Gasteiger partial charge in [0.05, 0.1) is 6.10 Å². The van der Waals surface area contributed by atoms with E-state index >= 15 is 0 Å². The predicted octanol–water partition coefficient (Wildman–Crippen LogP) is 5.32. The van der Waals surface area contributed by atoms with E-state index in [2.05, 4.69) is 6.07 Å². The molecule has 2 aromatic carbocycles. The van der Waals surface area contributed by atoms with Gasteiger partial charge < -0.3 is 14.1 Å². The van der Waals surface area contributed by atoms with Gasteiger partial charge in [0.25, 0.3) is 5.91 Å². The van der Waals surface area contributed by atoms with Gasteiger partial charge in [-0.1, -0.05) is 18.2 Å². The van der Waals surface area contributed by atoms with Crippen LogP contribution >= 0.6 is 0 Å². The van der Waals surface area contributed by atoms with Crippen molar-refractivity contribution in [1.82, 2.24) is 4.90 Å². The highest BCUT2D eigenvalue weighted by Gasteiger charge is 2.28. The summed E-state index contributed by atoms with van der Waals surface area (Å²) in [6.07, 6.45) is 1.85. The van der Waals surface area contributed by atoms with Crippen LogP contribution in [0.3, 0.4) is 0 Å². The minimum Gasteiger partial charge on any atom is -0.451 e. The second-order valence-electron chi connectivity index (χ2n) is 7.90. The Hall–Kier alpha value is -2.66. The molecule has 29 heavy (non-hydrogen) atoms. The number of hydrogen-bond acceptors (Lipinski definition) is 3. The van der Waals surface area contributed by atoms with Crippen molar-refractivity contribution in [2.75, 3.05) is 13.2 Å². The SMILES string of the molecule is Cc1cc2oc(C(=O)N(Cc3ccccc3F)CC3CCCO3)c(C)c2cc1C. The fourth-order valence-corrected chi connectivity index (χ4v) is 3.91. The molecule has 1 aromatic heterocycles. The highest BCUT2D eigenvalue weighted by molar-refractivity contribution is 5.99. The summed E-state index contributed by atoms with van der Waals surface area (Å²) in [6.45, 7) is 7.28. The lowest BCUT2D eigenvalue weighted by Gasteiger charge is -2.25. The number of halogens is 1. The minimum absolute atomic E-state index is 0.0279. The Morgan fingerprint density at radius 3 is 2.66 bits per heavy atom. The average molecular weight is 395 g/mol. The Kier molecular flexibility index (Phi) is 5.41. The zero-order valence-corrected chi connectivity index (χ0v) is 17.1. The van der Waals surface area contributed by atoms with E-state index < -0.39 is 0 Å². The number of carbonyl (C=O) groups is 1. The Bertz CT molecular complexity index is 1050. The van der Waals surface area contributed by atoms with Gasteiger partial charge in [-0.2, -0.15) is 0 Å². The number of benzene rings is 2. The molecular formula is C24H26FNO3. The van der Waals surface area contributed by atoms with E-state index in [0.29, 0.717) is 30.1 Å². The van der Waals surface area contributed by atoms with E-state index in [-0.39, 0.29) is 24.4 Å². The summed E-state index contributed by atoms with van der Waals surface area (Å²) in [7, 11) is 0. The quantitative estimate of drug-likeness (QED) is 0.587. The standard InChI is InChI=1S/C24H26FNO3/c1-15-11-20-17(3)23(29-22(20)12-16(15)2)24(27)26(14-19-8-6-10-28-19)13-18-7-4-5-9-21(18)25/h4-5,7,9,11-12,19H,6,8,10,13-14H2,1-3H3. The summed E-state index contributed by atoms with van der Waals surface area (Å²) in [5, 5.41) is 0.944. The number of fused-ring (bicyclic) bond motifs is 1. The maximum atomic E-state index is 14.3. The Morgan fingerprint density at radius 2 is 1.93 bits per heavy atom. The maximum Gasteiger partial charge on any atom is 0.290 e. The second-order valence-corrected chi connectivity index (χ2v) is 7.90. The monoisotopic (exact) mass is 395 g/mol. The van der Waals surface area contributed by atoms with Crippen LogP contribution in [0, 0.1) is 26.6 Å². The molecule has 1 aliphatic heterocycles. The summed E-state index contributed by atoms with van der Waals surface area (Å²) in [6, 6.07) is 10.6. The molecule has 1 unspecified atom stereocenters. The number of aryl methyl sites for hydroxylation is 3. The molecule has 0 aliphatic carbocycles. The fourth-order valence-electron chi connectivity index (χ4n) is 3.91. The number of rotatable bonds is 5. The Morgan fingerprint density at radius 1 is 1.17 bits per heavy atom. The van der Waals surface area contributed by atoms with Crippen LogP contribution in [0.2, 0.25) is 0 Å². The van der Waals surface area contributed by atoms with Crippen molar-refractivity contribution >= 4 is 16.9 Å². The third-order valence-electron chi connectivity index (χ3n) is 5.80. The van der Waals surface area contributed by atoms with Gasteiger partial charge in [-0.15, -0.1) is 0 Å². The van der Waals surface area contributed by atoms with Gasteiger partial charge >= 0.3 is 0 Å². The molecule has 0 bridgehead atoms. The molecule has 5 heteroatoms. The van der Waals surface area contributed by atoms with Crippen LogP contribution in [0.15, 0.2) is 40.8 Å². The first-order valence-electron chi connectivity index (χ1n) is 10.1. The van der Waals surface area contributed by atoms with Crippen molar-refractivity contribution in [3.63, 3.8) is 0 Å². The number of carbonyl (C=O) groups excluding carboxylic acids is 1. The zero-order chi connectivity index (χ0) is 20.5. The maximum absolute atomic E-state index is 14.3. The largest absolute Gasteiger partial charge is 0.451 e. The first-order chi connectivity index (χ1) is 13.9. The van der Waals surface area contributed by atoms with Gasteiger partial charge in [-0.3, -0.25) is 4.79 Å². The smallest absolute Gasteiger partial charge is 0.290 e. The van der Waals surface area contributed by atoms with Gasteiger partial charge in [0.2, 0.25) is 0 Å². The van der Waals surface area contributed by atoms with Crippen LogP contribution in [0.1, 0.15) is 45.7 Å². The molecule has 0 spiro atoms. The highest BCUT2D eigenvalue weighted by atomic mass is 19.1. The van der Waals surface area contributed by atoms with Crippen molar-refractivity contribution in [3.8, 4) is 0 Å². The van der Waals surface area contributed by atoms with Crippen LogP contribution in [-0.2, 0) is 11.3 Å². The fraction of sp³-hybridized carbons (Fsp3) is 0.375. The van der Waals surface area contributed by atoms with E-state index in [4.69, 9.17) is 9.15 Å². The van der Waals surface area contributed by atoms with E-state index in [1.54, 1.807) is 23.1 Å². The van der Waals surface area contributed by atoms with Crippen molar-refractivity contribution in [2.45, 2.75) is 46.3 Å². The molecule has 4 rings (SSSR count). The topological polar surface area (TPSA) is 42.7 Å². The number of nitrogens with zero attached hydrogens (tertiary/aromatic N) is 1. The summed E-state index contributed by atoms with van der Waals surface area (Å²) < 4.78 is 26.0. The van der Waals surface area contributed by atoms with Gasteiger partial charge in [0.15, 0.2) is 5.76 Å². The Labute approximate surface area is 170 Å². The van der Waals surface area contributed by atoms with Crippen molar-refractivity contribution in [2.24, 2.45) is 0 Å². The normalized spacial score (nSPS) is 16.5. The van der Waals surface area contributed by atoms with E-state index in [9.17, 15) is 9.18 Å². The second kappa shape index (κ2) is 7.99. The minimum atomic E-state index is -0.315. The molecular weight excluding hydrogens is 369 g/mol. The average Bonchev–Trinajstić information content (AvgIpc) is 3.32. The van der Waals surface area contributed by atoms with Gasteiger partial charge in [0.1, 0.15) is 11.4 Å². The molecule has 1 aliphatic rings. The number of hydrogen-bond donors (Lipinski definition) is 0. The molecule has 1 fully saturated rings.